The van der Waals surface area contributed by atoms with Crippen molar-refractivity contribution in [3.8, 4) is 0 Å². The molecule has 0 aliphatic rings. The fraction of sp³-hybridized carbons (Fsp3) is 0.467. The van der Waals surface area contributed by atoms with E-state index in [1.165, 1.54) is 0 Å². The molecule has 0 heterocycles. The maximum absolute atomic E-state index is 11.8. The predicted octanol–water partition coefficient (Wildman–Crippen LogP) is 2.02. The molecular weight excluding hydrogens is 338 g/mol. The maximum Gasteiger partial charge on any atom is 0.407 e. The highest BCUT2D eigenvalue weighted by Crippen LogP contribution is 2.18. The Kier molecular flexibility index (Phi) is 6.20. The fourth-order valence-corrected chi connectivity index (χ4v) is 2.23. The summed E-state index contributed by atoms with van der Waals surface area (Å²) in [5.74, 6) is -1.22. The lowest BCUT2D eigenvalue weighted by Gasteiger charge is -2.24. The Balaban J connectivity index is 2.75. The highest BCUT2D eigenvalue weighted by Gasteiger charge is 2.20. The van der Waals surface area contributed by atoms with Gasteiger partial charge in [-0.1, -0.05) is 34.1 Å². The Morgan fingerprint density at radius 3 is 2.48 bits per heavy atom. The third-order valence-electron chi connectivity index (χ3n) is 2.56. The molecule has 1 rings (SSSR count). The molecule has 0 bridgehead atoms. The number of benzene rings is 1. The lowest BCUT2D eigenvalue weighted by atomic mass is 10.0. The monoisotopic (exact) mass is 356 g/mol. The maximum atomic E-state index is 11.8. The third kappa shape index (κ3) is 7.13. The number of aliphatic carboxylic acids is 1. The highest BCUT2D eigenvalue weighted by atomic mass is 79.9. The SMILES string of the molecule is CC(C)(C)OC(=O)N[C@@H](CC(=O)[O-])Cc1ccccc1Br. The first-order valence-corrected chi connectivity index (χ1v) is 7.39. The number of hydrogen-bond donors (Lipinski definition) is 1. The Bertz CT molecular complexity index is 511. The number of alkyl carbamates (subject to hydrolysis) is 1. The molecule has 1 aromatic carbocycles. The van der Waals surface area contributed by atoms with E-state index in [9.17, 15) is 14.7 Å². The molecular formula is C15H19BrNO4-. The number of carboxylic acids is 1. The minimum absolute atomic E-state index is 0.277. The van der Waals surface area contributed by atoms with Crippen molar-refractivity contribution in [2.24, 2.45) is 0 Å². The molecule has 1 N–H and O–H groups in total. The Morgan fingerprint density at radius 2 is 1.95 bits per heavy atom. The van der Waals surface area contributed by atoms with Crippen LogP contribution in [0.3, 0.4) is 0 Å². The molecule has 1 amide bonds. The average molecular weight is 357 g/mol. The Labute approximate surface area is 132 Å². The van der Waals surface area contributed by atoms with Crippen molar-refractivity contribution in [3.05, 3.63) is 34.3 Å². The van der Waals surface area contributed by atoms with E-state index < -0.39 is 23.7 Å². The largest absolute Gasteiger partial charge is 0.550 e. The molecule has 0 saturated heterocycles. The molecule has 116 valence electrons. The van der Waals surface area contributed by atoms with E-state index in [0.29, 0.717) is 6.42 Å². The van der Waals surface area contributed by atoms with Crippen LogP contribution in [0.1, 0.15) is 32.8 Å². The van der Waals surface area contributed by atoms with E-state index in [0.717, 1.165) is 10.0 Å². The van der Waals surface area contributed by atoms with Gasteiger partial charge in [0.15, 0.2) is 0 Å². The molecule has 21 heavy (non-hydrogen) atoms. The van der Waals surface area contributed by atoms with Crippen molar-refractivity contribution >= 4 is 28.0 Å². The molecule has 0 radical (unpaired) electrons. The summed E-state index contributed by atoms with van der Waals surface area (Å²) in [6.07, 6.45) is -0.546. The third-order valence-corrected chi connectivity index (χ3v) is 3.33. The molecule has 1 atom stereocenters. The van der Waals surface area contributed by atoms with E-state index >= 15 is 0 Å². The molecule has 0 aliphatic carbocycles. The van der Waals surface area contributed by atoms with Gasteiger partial charge in [0.25, 0.3) is 0 Å². The minimum atomic E-state index is -1.22. The molecule has 6 heteroatoms. The van der Waals surface area contributed by atoms with Crippen molar-refractivity contribution in [2.45, 2.75) is 45.3 Å². The van der Waals surface area contributed by atoms with Gasteiger partial charge in [0.1, 0.15) is 5.60 Å². The topological polar surface area (TPSA) is 78.5 Å². The number of nitrogens with one attached hydrogen (secondary N) is 1. The van der Waals surface area contributed by atoms with Gasteiger partial charge in [-0.05, 0) is 38.8 Å². The van der Waals surface area contributed by atoms with Crippen LogP contribution in [0.5, 0.6) is 0 Å². The van der Waals surface area contributed by atoms with E-state index in [1.54, 1.807) is 20.8 Å². The first kappa shape index (κ1) is 17.5. The summed E-state index contributed by atoms with van der Waals surface area (Å²) in [6, 6.07) is 6.84. The van der Waals surface area contributed by atoms with Crippen molar-refractivity contribution in [2.75, 3.05) is 0 Å². The fourth-order valence-electron chi connectivity index (χ4n) is 1.78. The van der Waals surface area contributed by atoms with Crippen LogP contribution in [-0.4, -0.2) is 23.7 Å². The molecule has 0 unspecified atom stereocenters. The van der Waals surface area contributed by atoms with Gasteiger partial charge in [0.2, 0.25) is 0 Å². The number of carbonyl (C=O) groups is 2. The molecule has 0 aromatic heterocycles. The van der Waals surface area contributed by atoms with Gasteiger partial charge in [0, 0.05) is 22.9 Å². The van der Waals surface area contributed by atoms with Gasteiger partial charge < -0.3 is 20.0 Å². The number of amides is 1. The van der Waals surface area contributed by atoms with E-state index in [2.05, 4.69) is 21.2 Å². The van der Waals surface area contributed by atoms with Crippen LogP contribution in [0, 0.1) is 0 Å². The highest BCUT2D eigenvalue weighted by molar-refractivity contribution is 9.10. The number of halogens is 1. The van der Waals surface area contributed by atoms with Gasteiger partial charge in [-0.2, -0.15) is 0 Å². The summed E-state index contributed by atoms with van der Waals surface area (Å²) in [5, 5.41) is 13.4. The standard InChI is InChI=1S/C15H20BrNO4/c1-15(2,3)21-14(20)17-11(9-13(18)19)8-10-6-4-5-7-12(10)16/h4-7,11H,8-9H2,1-3H3,(H,17,20)(H,18,19)/p-1/t11-/m1/s1. The normalized spacial score (nSPS) is 12.6. The van der Waals surface area contributed by atoms with E-state index in [-0.39, 0.29) is 6.42 Å². The van der Waals surface area contributed by atoms with Crippen LogP contribution in [0.15, 0.2) is 28.7 Å². The minimum Gasteiger partial charge on any atom is -0.550 e. The molecule has 5 nitrogen and oxygen atoms in total. The van der Waals surface area contributed by atoms with Crippen LogP contribution in [0.2, 0.25) is 0 Å². The Hall–Kier alpha value is -1.56. The van der Waals surface area contributed by atoms with Gasteiger partial charge in [-0.15, -0.1) is 0 Å². The first-order valence-electron chi connectivity index (χ1n) is 6.60. The van der Waals surface area contributed by atoms with Crippen LogP contribution in [-0.2, 0) is 16.0 Å². The quantitative estimate of drug-likeness (QED) is 0.875. The second-order valence-corrected chi connectivity index (χ2v) is 6.57. The zero-order chi connectivity index (χ0) is 16.0. The van der Waals surface area contributed by atoms with Crippen molar-refractivity contribution < 1.29 is 19.4 Å². The lowest BCUT2D eigenvalue weighted by Crippen LogP contribution is -2.43. The number of carbonyl (C=O) groups excluding carboxylic acids is 2. The summed E-state index contributed by atoms with van der Waals surface area (Å²) in [4.78, 5) is 22.6. The van der Waals surface area contributed by atoms with Crippen LogP contribution in [0.4, 0.5) is 4.79 Å². The number of rotatable bonds is 5. The first-order chi connectivity index (χ1) is 9.67. The number of hydrogen-bond acceptors (Lipinski definition) is 4. The number of carboxylic acid groups (broad SMARTS) is 1. The molecule has 1 aromatic rings. The summed E-state index contributed by atoms with van der Waals surface area (Å²) in [5.41, 5.74) is 0.267. The van der Waals surface area contributed by atoms with Crippen molar-refractivity contribution in [1.29, 1.82) is 0 Å². The molecule has 0 spiro atoms. The second-order valence-electron chi connectivity index (χ2n) is 5.71. The van der Waals surface area contributed by atoms with Gasteiger partial charge in [-0.25, -0.2) is 4.79 Å². The second kappa shape index (κ2) is 7.45. The van der Waals surface area contributed by atoms with E-state index in [4.69, 9.17) is 4.74 Å². The van der Waals surface area contributed by atoms with Gasteiger partial charge in [0.05, 0.1) is 0 Å². The zero-order valence-corrected chi connectivity index (χ0v) is 13.9. The summed E-state index contributed by atoms with van der Waals surface area (Å²) < 4.78 is 6.00. The van der Waals surface area contributed by atoms with Crippen LogP contribution < -0.4 is 10.4 Å². The smallest absolute Gasteiger partial charge is 0.407 e. The van der Waals surface area contributed by atoms with Gasteiger partial charge >= 0.3 is 6.09 Å². The summed E-state index contributed by atoms with van der Waals surface area (Å²) in [7, 11) is 0. The molecule has 0 aliphatic heterocycles. The molecule has 0 saturated carbocycles. The van der Waals surface area contributed by atoms with E-state index in [1.807, 2.05) is 24.3 Å². The van der Waals surface area contributed by atoms with Crippen molar-refractivity contribution in [1.82, 2.24) is 5.32 Å². The van der Waals surface area contributed by atoms with Crippen molar-refractivity contribution in [3.63, 3.8) is 0 Å². The average Bonchev–Trinajstić information content (AvgIpc) is 2.28. The van der Waals surface area contributed by atoms with Gasteiger partial charge in [-0.3, -0.25) is 0 Å². The van der Waals surface area contributed by atoms with Crippen LogP contribution in [0.25, 0.3) is 0 Å². The molecule has 0 fully saturated rings. The van der Waals surface area contributed by atoms with Crippen LogP contribution >= 0.6 is 15.9 Å². The summed E-state index contributed by atoms with van der Waals surface area (Å²) in [6.45, 7) is 5.23. The Morgan fingerprint density at radius 1 is 1.33 bits per heavy atom. The summed E-state index contributed by atoms with van der Waals surface area (Å²) >= 11 is 3.40. The zero-order valence-electron chi connectivity index (χ0n) is 12.3. The lowest BCUT2D eigenvalue weighted by molar-refractivity contribution is -0.306. The predicted molar refractivity (Wildman–Crippen MR) is 80.6 cm³/mol. The number of ether oxygens (including phenoxy) is 1.